The molecule has 1 aromatic carbocycles. The summed E-state index contributed by atoms with van der Waals surface area (Å²) in [6.45, 7) is 2.83. The van der Waals surface area contributed by atoms with E-state index in [0.717, 1.165) is 17.8 Å². The first-order chi connectivity index (χ1) is 9.66. The zero-order valence-corrected chi connectivity index (χ0v) is 12.8. The Kier molecular flexibility index (Phi) is 3.61. The van der Waals surface area contributed by atoms with Crippen LogP contribution in [0, 0.1) is 0 Å². The van der Waals surface area contributed by atoms with E-state index in [4.69, 9.17) is 0 Å². The van der Waals surface area contributed by atoms with Crippen molar-refractivity contribution in [3.05, 3.63) is 48.3 Å². The second-order valence-electron chi connectivity index (χ2n) is 5.03. The molecule has 1 aliphatic heterocycles. The summed E-state index contributed by atoms with van der Waals surface area (Å²) in [6.07, 6.45) is 4.26. The third-order valence-corrected chi connectivity index (χ3v) is 4.33. The Hall–Kier alpha value is -1.62. The van der Waals surface area contributed by atoms with Crippen molar-refractivity contribution in [1.82, 2.24) is 14.7 Å². The molecule has 2 heterocycles. The van der Waals surface area contributed by atoms with Gasteiger partial charge in [-0.3, -0.25) is 4.79 Å². The molecule has 4 nitrogen and oxygen atoms in total. The summed E-state index contributed by atoms with van der Waals surface area (Å²) < 4.78 is 1.85. The maximum atomic E-state index is 12.1. The van der Waals surface area contributed by atoms with Crippen molar-refractivity contribution < 1.29 is 4.79 Å². The number of hydrogen-bond acceptors (Lipinski definition) is 2. The van der Waals surface area contributed by atoms with Gasteiger partial charge in [-0.1, -0.05) is 34.1 Å². The Morgan fingerprint density at radius 1 is 1.35 bits per heavy atom. The molecular weight excluding hydrogens is 318 g/mol. The highest BCUT2D eigenvalue weighted by Gasteiger charge is 2.32. The van der Waals surface area contributed by atoms with Crippen LogP contribution >= 0.6 is 15.9 Å². The molecule has 1 aliphatic rings. The SMILES string of the molecule is CC(c1ccccc1-n1cccn1)N1CC(Br)CC1=O. The lowest BCUT2D eigenvalue weighted by molar-refractivity contribution is -0.129. The molecule has 104 valence electrons. The first-order valence-electron chi connectivity index (χ1n) is 6.69. The Morgan fingerprint density at radius 3 is 2.80 bits per heavy atom. The number of carbonyl (C=O) groups excluding carboxylic acids is 1. The molecule has 1 aromatic heterocycles. The molecular formula is C15H16BrN3O. The van der Waals surface area contributed by atoms with Crippen LogP contribution in [0.1, 0.15) is 24.9 Å². The molecule has 2 aromatic rings. The second-order valence-corrected chi connectivity index (χ2v) is 6.33. The van der Waals surface area contributed by atoms with Gasteiger partial charge in [-0.05, 0) is 19.1 Å². The normalized spacial score (nSPS) is 20.4. The molecule has 20 heavy (non-hydrogen) atoms. The minimum absolute atomic E-state index is 0.0467. The lowest BCUT2D eigenvalue weighted by Crippen LogP contribution is -2.29. The van der Waals surface area contributed by atoms with Crippen molar-refractivity contribution in [1.29, 1.82) is 0 Å². The lowest BCUT2D eigenvalue weighted by Gasteiger charge is -2.26. The minimum atomic E-state index is 0.0467. The van der Waals surface area contributed by atoms with Crippen molar-refractivity contribution in [2.24, 2.45) is 0 Å². The Morgan fingerprint density at radius 2 is 2.15 bits per heavy atom. The number of para-hydroxylation sites is 1. The Labute approximate surface area is 126 Å². The van der Waals surface area contributed by atoms with E-state index in [9.17, 15) is 4.79 Å². The van der Waals surface area contributed by atoms with Crippen molar-refractivity contribution >= 4 is 21.8 Å². The van der Waals surface area contributed by atoms with Gasteiger partial charge in [0.2, 0.25) is 5.91 Å². The van der Waals surface area contributed by atoms with E-state index in [1.54, 1.807) is 6.20 Å². The summed E-state index contributed by atoms with van der Waals surface area (Å²) >= 11 is 3.54. The van der Waals surface area contributed by atoms with Crippen LogP contribution in [0.15, 0.2) is 42.7 Å². The number of halogens is 1. The van der Waals surface area contributed by atoms with Gasteiger partial charge in [-0.2, -0.15) is 5.10 Å². The van der Waals surface area contributed by atoms with Gasteiger partial charge in [-0.15, -0.1) is 0 Å². The molecule has 0 aliphatic carbocycles. The Balaban J connectivity index is 1.96. The molecule has 1 amide bonds. The molecule has 1 fully saturated rings. The molecule has 0 radical (unpaired) electrons. The van der Waals surface area contributed by atoms with Gasteiger partial charge in [0.1, 0.15) is 0 Å². The number of rotatable bonds is 3. The second kappa shape index (κ2) is 5.40. The van der Waals surface area contributed by atoms with E-state index in [-0.39, 0.29) is 16.8 Å². The molecule has 2 unspecified atom stereocenters. The standard InChI is InChI=1S/C15H16BrN3O/c1-11(18-10-12(16)9-15(18)20)13-5-2-3-6-14(13)19-8-4-7-17-19/h2-8,11-12H,9-10H2,1H3. The number of alkyl halides is 1. The fourth-order valence-corrected chi connectivity index (χ4v) is 3.28. The summed E-state index contributed by atoms with van der Waals surface area (Å²) in [7, 11) is 0. The predicted molar refractivity (Wildman–Crippen MR) is 81.0 cm³/mol. The number of aromatic nitrogens is 2. The number of amides is 1. The number of likely N-dealkylation sites (tertiary alicyclic amines) is 1. The molecule has 0 spiro atoms. The van der Waals surface area contributed by atoms with Crippen LogP contribution < -0.4 is 0 Å². The van der Waals surface area contributed by atoms with Crippen LogP contribution in [-0.2, 0) is 4.79 Å². The van der Waals surface area contributed by atoms with Crippen molar-refractivity contribution in [3.8, 4) is 5.69 Å². The molecule has 0 saturated carbocycles. The van der Waals surface area contributed by atoms with Crippen molar-refractivity contribution in [2.45, 2.75) is 24.2 Å². The highest BCUT2D eigenvalue weighted by atomic mass is 79.9. The summed E-state index contributed by atoms with van der Waals surface area (Å²) in [6, 6.07) is 10.0. The number of nitrogens with zero attached hydrogens (tertiary/aromatic N) is 3. The summed E-state index contributed by atoms with van der Waals surface area (Å²) in [4.78, 5) is 14.3. The van der Waals surface area contributed by atoms with Crippen LogP contribution in [0.5, 0.6) is 0 Å². The average molecular weight is 334 g/mol. The van der Waals surface area contributed by atoms with Crippen molar-refractivity contribution in [2.75, 3.05) is 6.54 Å². The smallest absolute Gasteiger partial charge is 0.224 e. The highest BCUT2D eigenvalue weighted by Crippen LogP contribution is 2.31. The fourth-order valence-electron chi connectivity index (χ4n) is 2.69. The highest BCUT2D eigenvalue weighted by molar-refractivity contribution is 9.09. The third kappa shape index (κ3) is 2.38. The molecule has 3 rings (SSSR count). The van der Waals surface area contributed by atoms with Gasteiger partial charge >= 0.3 is 0 Å². The first-order valence-corrected chi connectivity index (χ1v) is 7.61. The quantitative estimate of drug-likeness (QED) is 0.810. The third-order valence-electron chi connectivity index (χ3n) is 3.72. The molecule has 5 heteroatoms. The molecule has 0 bridgehead atoms. The fraction of sp³-hybridized carbons (Fsp3) is 0.333. The topological polar surface area (TPSA) is 38.1 Å². The minimum Gasteiger partial charge on any atom is -0.335 e. The van der Waals surface area contributed by atoms with Gasteiger partial charge in [0.25, 0.3) is 0 Å². The molecule has 2 atom stereocenters. The molecule has 0 N–H and O–H groups in total. The summed E-state index contributed by atoms with van der Waals surface area (Å²) in [5, 5.41) is 4.29. The van der Waals surface area contributed by atoms with E-state index < -0.39 is 0 Å². The zero-order chi connectivity index (χ0) is 14.1. The van der Waals surface area contributed by atoms with Crippen LogP contribution in [0.25, 0.3) is 5.69 Å². The maximum absolute atomic E-state index is 12.1. The first kappa shape index (κ1) is 13.4. The van der Waals surface area contributed by atoms with Gasteiger partial charge < -0.3 is 4.90 Å². The summed E-state index contributed by atoms with van der Waals surface area (Å²) in [5.41, 5.74) is 2.14. The van der Waals surface area contributed by atoms with Gasteiger partial charge in [0.05, 0.1) is 11.7 Å². The van der Waals surface area contributed by atoms with Crippen LogP contribution in [-0.4, -0.2) is 32.0 Å². The average Bonchev–Trinajstić information content (AvgIpc) is 3.07. The van der Waals surface area contributed by atoms with E-state index in [1.807, 2.05) is 40.0 Å². The van der Waals surface area contributed by atoms with Gasteiger partial charge in [-0.25, -0.2) is 4.68 Å². The summed E-state index contributed by atoms with van der Waals surface area (Å²) in [5.74, 6) is 0.203. The van der Waals surface area contributed by atoms with E-state index in [0.29, 0.717) is 6.42 Å². The number of carbonyl (C=O) groups is 1. The maximum Gasteiger partial charge on any atom is 0.224 e. The van der Waals surface area contributed by atoms with E-state index in [1.165, 1.54) is 0 Å². The van der Waals surface area contributed by atoms with Gasteiger partial charge in [0, 0.05) is 35.7 Å². The van der Waals surface area contributed by atoms with Crippen LogP contribution in [0.4, 0.5) is 0 Å². The van der Waals surface area contributed by atoms with Crippen LogP contribution in [0.3, 0.4) is 0 Å². The monoisotopic (exact) mass is 333 g/mol. The van der Waals surface area contributed by atoms with Crippen molar-refractivity contribution in [3.63, 3.8) is 0 Å². The van der Waals surface area contributed by atoms with Crippen LogP contribution in [0.2, 0.25) is 0 Å². The zero-order valence-electron chi connectivity index (χ0n) is 11.2. The predicted octanol–water partition coefficient (Wildman–Crippen LogP) is 2.93. The number of hydrogen-bond donors (Lipinski definition) is 0. The Bertz CT molecular complexity index is 611. The lowest BCUT2D eigenvalue weighted by atomic mass is 10.0. The van der Waals surface area contributed by atoms with Gasteiger partial charge in [0.15, 0.2) is 0 Å². The van der Waals surface area contributed by atoms with E-state index >= 15 is 0 Å². The molecule has 1 saturated heterocycles. The largest absolute Gasteiger partial charge is 0.335 e. The van der Waals surface area contributed by atoms with E-state index in [2.05, 4.69) is 34.0 Å². The number of benzene rings is 1.